The van der Waals surface area contributed by atoms with Crippen molar-refractivity contribution in [1.82, 2.24) is 15.1 Å². The molecule has 0 radical (unpaired) electrons. The monoisotopic (exact) mass is 449 g/mol. The summed E-state index contributed by atoms with van der Waals surface area (Å²) in [7, 11) is 0. The number of fused-ring (bicyclic) bond motifs is 1. The highest BCUT2D eigenvalue weighted by Crippen LogP contribution is 2.33. The third-order valence-electron chi connectivity index (χ3n) is 6.02. The molecule has 0 aliphatic carbocycles. The van der Waals surface area contributed by atoms with Gasteiger partial charge in [-0.05, 0) is 44.7 Å². The SMILES string of the molecule is CC(C)(C)OC(=O)N[C@H]1CC[C@H]2C(=O)N(Cc3ccccc3)[C@H](Cc3ccccc3)C(=O)N12. The van der Waals surface area contributed by atoms with Crippen molar-refractivity contribution in [2.24, 2.45) is 0 Å². The van der Waals surface area contributed by atoms with Crippen LogP contribution in [0.3, 0.4) is 0 Å². The van der Waals surface area contributed by atoms with Gasteiger partial charge in [-0.15, -0.1) is 0 Å². The first-order valence-electron chi connectivity index (χ1n) is 11.4. The number of piperazine rings is 1. The first-order chi connectivity index (χ1) is 15.7. The Bertz CT molecular complexity index is 1000. The van der Waals surface area contributed by atoms with Crippen LogP contribution in [0.1, 0.15) is 44.7 Å². The normalized spacial score (nSPS) is 22.8. The van der Waals surface area contributed by atoms with E-state index in [1.165, 1.54) is 0 Å². The number of hydrogen-bond acceptors (Lipinski definition) is 4. The molecule has 2 fully saturated rings. The summed E-state index contributed by atoms with van der Waals surface area (Å²) in [5.41, 5.74) is 1.31. The first-order valence-corrected chi connectivity index (χ1v) is 11.4. The fourth-order valence-electron chi connectivity index (χ4n) is 4.60. The number of nitrogens with zero attached hydrogens (tertiary/aromatic N) is 2. The van der Waals surface area contributed by atoms with Gasteiger partial charge in [-0.3, -0.25) is 9.59 Å². The number of alkyl carbamates (subject to hydrolysis) is 1. The third kappa shape index (κ3) is 5.18. The van der Waals surface area contributed by atoms with Crippen molar-refractivity contribution < 1.29 is 19.1 Å². The second-order valence-corrected chi connectivity index (χ2v) is 9.66. The van der Waals surface area contributed by atoms with Crippen LogP contribution >= 0.6 is 0 Å². The van der Waals surface area contributed by atoms with Gasteiger partial charge in [0.2, 0.25) is 11.8 Å². The lowest BCUT2D eigenvalue weighted by atomic mass is 9.97. The first kappa shape index (κ1) is 22.8. The Labute approximate surface area is 194 Å². The number of rotatable bonds is 5. The van der Waals surface area contributed by atoms with Crippen LogP contribution in [-0.2, 0) is 27.3 Å². The van der Waals surface area contributed by atoms with Crippen molar-refractivity contribution in [3.05, 3.63) is 71.8 Å². The zero-order valence-corrected chi connectivity index (χ0v) is 19.4. The van der Waals surface area contributed by atoms with Crippen molar-refractivity contribution >= 4 is 17.9 Å². The van der Waals surface area contributed by atoms with Crippen molar-refractivity contribution in [3.63, 3.8) is 0 Å². The predicted molar refractivity (Wildman–Crippen MR) is 124 cm³/mol. The Hall–Kier alpha value is -3.35. The summed E-state index contributed by atoms with van der Waals surface area (Å²) in [4.78, 5) is 43.0. The molecule has 33 heavy (non-hydrogen) atoms. The van der Waals surface area contributed by atoms with Gasteiger partial charge in [0.1, 0.15) is 23.9 Å². The fraction of sp³-hybridized carbons (Fsp3) is 0.423. The number of carbonyl (C=O) groups excluding carboxylic acids is 3. The van der Waals surface area contributed by atoms with Crippen LogP contribution in [0.2, 0.25) is 0 Å². The van der Waals surface area contributed by atoms with Crippen LogP contribution < -0.4 is 5.32 Å². The summed E-state index contributed by atoms with van der Waals surface area (Å²) in [6.07, 6.45) is 0.298. The maximum Gasteiger partial charge on any atom is 0.409 e. The number of amides is 3. The molecule has 0 aromatic heterocycles. The van der Waals surface area contributed by atoms with Crippen LogP contribution in [0.25, 0.3) is 0 Å². The molecule has 174 valence electrons. The van der Waals surface area contributed by atoms with E-state index in [2.05, 4.69) is 5.32 Å². The quantitative estimate of drug-likeness (QED) is 0.758. The number of carbonyl (C=O) groups is 3. The molecule has 2 saturated heterocycles. The minimum atomic E-state index is -0.647. The van der Waals surface area contributed by atoms with E-state index in [1.807, 2.05) is 60.7 Å². The topological polar surface area (TPSA) is 79.0 Å². The van der Waals surface area contributed by atoms with Gasteiger partial charge in [0.05, 0.1) is 0 Å². The second-order valence-electron chi connectivity index (χ2n) is 9.66. The molecule has 3 amide bonds. The van der Waals surface area contributed by atoms with Crippen molar-refractivity contribution in [2.45, 2.75) is 70.4 Å². The molecule has 7 nitrogen and oxygen atoms in total. The van der Waals surface area contributed by atoms with E-state index in [0.29, 0.717) is 25.8 Å². The lowest BCUT2D eigenvalue weighted by molar-refractivity contribution is -0.162. The zero-order valence-electron chi connectivity index (χ0n) is 19.4. The molecule has 4 rings (SSSR count). The lowest BCUT2D eigenvalue weighted by Crippen LogP contribution is -2.66. The van der Waals surface area contributed by atoms with E-state index in [0.717, 1.165) is 11.1 Å². The standard InChI is InChI=1S/C26H31N3O4/c1-26(2,3)33-25(32)27-22-15-14-20-23(30)28(17-19-12-8-5-9-13-19)21(24(31)29(20)22)16-18-10-6-4-7-11-18/h4-13,20-22H,14-17H2,1-3H3,(H,27,32)/t20-,21+,22+/m0/s1. The van der Waals surface area contributed by atoms with Gasteiger partial charge in [-0.1, -0.05) is 60.7 Å². The Balaban J connectivity index is 1.60. The van der Waals surface area contributed by atoms with Gasteiger partial charge in [-0.25, -0.2) is 4.79 Å². The van der Waals surface area contributed by atoms with E-state index in [-0.39, 0.29) is 11.8 Å². The fourth-order valence-corrected chi connectivity index (χ4v) is 4.60. The largest absolute Gasteiger partial charge is 0.444 e. The van der Waals surface area contributed by atoms with Crippen molar-refractivity contribution in [1.29, 1.82) is 0 Å². The van der Waals surface area contributed by atoms with Crippen molar-refractivity contribution in [3.8, 4) is 0 Å². The molecule has 0 spiro atoms. The molecule has 2 aromatic rings. The molecule has 2 aliphatic heterocycles. The Morgan fingerprint density at radius 1 is 0.939 bits per heavy atom. The summed E-state index contributed by atoms with van der Waals surface area (Å²) < 4.78 is 5.38. The molecule has 0 bridgehead atoms. The highest BCUT2D eigenvalue weighted by atomic mass is 16.6. The average molecular weight is 450 g/mol. The molecule has 0 unspecified atom stereocenters. The Morgan fingerprint density at radius 3 is 2.15 bits per heavy atom. The number of hydrogen-bond donors (Lipinski definition) is 1. The number of benzene rings is 2. The maximum absolute atomic E-state index is 13.8. The van der Waals surface area contributed by atoms with E-state index in [9.17, 15) is 14.4 Å². The van der Waals surface area contributed by atoms with Gasteiger partial charge in [0, 0.05) is 13.0 Å². The maximum atomic E-state index is 13.8. The summed E-state index contributed by atoms with van der Waals surface area (Å²) in [6, 6.07) is 18.2. The van der Waals surface area contributed by atoms with Crippen molar-refractivity contribution in [2.75, 3.05) is 0 Å². The number of ether oxygens (including phenoxy) is 1. The Kier molecular flexibility index (Phi) is 6.40. The van der Waals surface area contributed by atoms with Crippen LogP contribution in [0.4, 0.5) is 4.79 Å². The van der Waals surface area contributed by atoms with Crippen LogP contribution in [-0.4, -0.2) is 51.6 Å². The van der Waals surface area contributed by atoms with Gasteiger partial charge < -0.3 is 19.9 Å². The van der Waals surface area contributed by atoms with Gasteiger partial charge in [-0.2, -0.15) is 0 Å². The molecule has 2 heterocycles. The lowest BCUT2D eigenvalue weighted by Gasteiger charge is -2.44. The third-order valence-corrected chi connectivity index (χ3v) is 6.02. The summed E-state index contributed by atoms with van der Waals surface area (Å²) >= 11 is 0. The molecule has 3 atom stereocenters. The predicted octanol–water partition coefficient (Wildman–Crippen LogP) is 3.48. The van der Waals surface area contributed by atoms with E-state index in [4.69, 9.17) is 4.74 Å². The van der Waals surface area contributed by atoms with Gasteiger partial charge >= 0.3 is 6.09 Å². The molecular formula is C26H31N3O4. The minimum Gasteiger partial charge on any atom is -0.444 e. The smallest absolute Gasteiger partial charge is 0.409 e. The van der Waals surface area contributed by atoms with Gasteiger partial charge in [0.15, 0.2) is 0 Å². The molecule has 1 N–H and O–H groups in total. The summed E-state index contributed by atoms with van der Waals surface area (Å²) in [6.45, 7) is 5.74. The summed E-state index contributed by atoms with van der Waals surface area (Å²) in [5.74, 6) is -0.217. The Morgan fingerprint density at radius 2 is 1.55 bits per heavy atom. The van der Waals surface area contributed by atoms with Crippen LogP contribution in [0.5, 0.6) is 0 Å². The van der Waals surface area contributed by atoms with E-state index < -0.39 is 29.9 Å². The molecule has 0 saturated carbocycles. The molecule has 7 heteroatoms. The van der Waals surface area contributed by atoms with Crippen LogP contribution in [0.15, 0.2) is 60.7 Å². The molecular weight excluding hydrogens is 418 g/mol. The highest BCUT2D eigenvalue weighted by Gasteiger charge is 2.51. The highest BCUT2D eigenvalue weighted by molar-refractivity contribution is 5.98. The van der Waals surface area contributed by atoms with E-state index >= 15 is 0 Å². The molecule has 2 aromatic carbocycles. The minimum absolute atomic E-state index is 0.0760. The van der Waals surface area contributed by atoms with Gasteiger partial charge in [0.25, 0.3) is 0 Å². The second kappa shape index (κ2) is 9.25. The molecule has 2 aliphatic rings. The summed E-state index contributed by atoms with van der Waals surface area (Å²) in [5, 5.41) is 2.81. The van der Waals surface area contributed by atoms with E-state index in [1.54, 1.807) is 30.6 Å². The van der Waals surface area contributed by atoms with Crippen LogP contribution in [0, 0.1) is 0 Å². The zero-order chi connectivity index (χ0) is 23.6. The average Bonchev–Trinajstić information content (AvgIpc) is 3.18. The number of nitrogens with one attached hydrogen (secondary N) is 1.